The van der Waals surface area contributed by atoms with Crippen LogP contribution < -0.4 is 10.2 Å². The van der Waals surface area contributed by atoms with E-state index in [2.05, 4.69) is 15.5 Å². The number of ether oxygens (including phenoxy) is 1. The van der Waals surface area contributed by atoms with Gasteiger partial charge in [0.05, 0.1) is 11.9 Å². The number of carbonyl (C=O) groups excluding carboxylic acids is 1. The summed E-state index contributed by atoms with van der Waals surface area (Å²) < 4.78 is 5.24. The highest BCUT2D eigenvalue weighted by Gasteiger charge is 2.08. The van der Waals surface area contributed by atoms with Crippen LogP contribution in [0.1, 0.15) is 23.6 Å². The smallest absolute Gasteiger partial charge is 0.308 e. The number of thiazole rings is 1. The molecule has 3 rings (SSSR count). The number of esters is 1. The number of aryl methyl sites for hydroxylation is 2. The minimum absolute atomic E-state index is 0.322. The van der Waals surface area contributed by atoms with Crippen molar-refractivity contribution in [3.8, 4) is 17.0 Å². The summed E-state index contributed by atoms with van der Waals surface area (Å²) in [5.74, 6) is 0.285. The monoisotopic (exact) mass is 365 g/mol. The molecule has 0 spiro atoms. The second-order valence-electron chi connectivity index (χ2n) is 5.85. The molecule has 0 radical (unpaired) electrons. The summed E-state index contributed by atoms with van der Waals surface area (Å²) in [5.41, 5.74) is 7.66. The molecular formula is C20H19N3O2S. The topological polar surface area (TPSA) is 63.6 Å². The standard InChI is InChI=1S/C20H19N3O2S/c1-13-9-16(10-14(2)19(13)25-15(3)24)11-21-23-20-22-18(12-26-20)17-7-5-4-6-8-17/h4-12H,1-3H3,(H,22,23). The minimum Gasteiger partial charge on any atom is -0.426 e. The molecule has 26 heavy (non-hydrogen) atoms. The van der Waals surface area contributed by atoms with Crippen molar-refractivity contribution in [3.63, 3.8) is 0 Å². The molecular weight excluding hydrogens is 346 g/mol. The van der Waals surface area contributed by atoms with Gasteiger partial charge in [0.25, 0.3) is 0 Å². The van der Waals surface area contributed by atoms with Crippen LogP contribution in [0.15, 0.2) is 52.9 Å². The van der Waals surface area contributed by atoms with Crippen molar-refractivity contribution < 1.29 is 9.53 Å². The highest BCUT2D eigenvalue weighted by Crippen LogP contribution is 2.25. The first-order chi connectivity index (χ1) is 12.5. The minimum atomic E-state index is -0.322. The third-order valence-electron chi connectivity index (χ3n) is 3.68. The number of nitrogens with zero attached hydrogens (tertiary/aromatic N) is 2. The molecule has 132 valence electrons. The molecule has 0 aliphatic rings. The summed E-state index contributed by atoms with van der Waals surface area (Å²) in [5, 5.41) is 6.98. The maximum atomic E-state index is 11.2. The molecule has 6 heteroatoms. The number of aromatic nitrogens is 1. The fraction of sp³-hybridized carbons (Fsp3) is 0.150. The molecule has 0 amide bonds. The molecule has 0 unspecified atom stereocenters. The van der Waals surface area contributed by atoms with Crippen molar-refractivity contribution in [1.82, 2.24) is 4.98 Å². The third-order valence-corrected chi connectivity index (χ3v) is 4.42. The number of nitrogens with one attached hydrogen (secondary N) is 1. The molecule has 0 atom stereocenters. The summed E-state index contributed by atoms with van der Waals surface area (Å²) >= 11 is 1.50. The van der Waals surface area contributed by atoms with E-state index in [9.17, 15) is 4.79 Å². The Morgan fingerprint density at radius 3 is 2.54 bits per heavy atom. The summed E-state index contributed by atoms with van der Waals surface area (Å²) in [4.78, 5) is 15.7. The van der Waals surface area contributed by atoms with Gasteiger partial charge >= 0.3 is 5.97 Å². The predicted molar refractivity (Wildman–Crippen MR) is 106 cm³/mol. The van der Waals surface area contributed by atoms with E-state index < -0.39 is 0 Å². The van der Waals surface area contributed by atoms with Crippen LogP contribution in [-0.4, -0.2) is 17.2 Å². The molecule has 1 heterocycles. The largest absolute Gasteiger partial charge is 0.426 e. The summed E-state index contributed by atoms with van der Waals surface area (Å²) in [6.45, 7) is 5.21. The van der Waals surface area contributed by atoms with E-state index in [1.165, 1.54) is 18.3 Å². The molecule has 5 nitrogen and oxygen atoms in total. The molecule has 2 aromatic carbocycles. The maximum absolute atomic E-state index is 11.2. The molecule has 0 aliphatic heterocycles. The van der Waals surface area contributed by atoms with Gasteiger partial charge in [-0.3, -0.25) is 10.2 Å². The zero-order valence-corrected chi connectivity index (χ0v) is 15.6. The van der Waals surface area contributed by atoms with Crippen LogP contribution in [0.25, 0.3) is 11.3 Å². The lowest BCUT2D eigenvalue weighted by atomic mass is 10.1. The molecule has 0 fully saturated rings. The van der Waals surface area contributed by atoms with Crippen LogP contribution in [0.4, 0.5) is 5.13 Å². The lowest BCUT2D eigenvalue weighted by molar-refractivity contribution is -0.131. The second kappa shape index (κ2) is 7.93. The van der Waals surface area contributed by atoms with Gasteiger partial charge in [-0.15, -0.1) is 11.3 Å². The first-order valence-electron chi connectivity index (χ1n) is 8.12. The second-order valence-corrected chi connectivity index (χ2v) is 6.71. The third kappa shape index (κ3) is 4.34. The zero-order chi connectivity index (χ0) is 18.5. The Labute approximate surface area is 156 Å². The van der Waals surface area contributed by atoms with Crippen molar-refractivity contribution in [1.29, 1.82) is 0 Å². The van der Waals surface area contributed by atoms with Crippen LogP contribution in [0.3, 0.4) is 0 Å². The normalized spacial score (nSPS) is 10.9. The van der Waals surface area contributed by atoms with Gasteiger partial charge in [0.15, 0.2) is 0 Å². The Hall–Kier alpha value is -2.99. The van der Waals surface area contributed by atoms with Gasteiger partial charge in [-0.2, -0.15) is 5.10 Å². The molecule has 0 aliphatic carbocycles. The fourth-order valence-electron chi connectivity index (χ4n) is 2.59. The SMILES string of the molecule is CC(=O)Oc1c(C)cc(C=NNc2nc(-c3ccccc3)cs2)cc1C. The number of hydrogen-bond acceptors (Lipinski definition) is 6. The van der Waals surface area contributed by atoms with Gasteiger partial charge < -0.3 is 4.74 Å². The van der Waals surface area contributed by atoms with Crippen molar-refractivity contribution in [2.45, 2.75) is 20.8 Å². The van der Waals surface area contributed by atoms with Gasteiger partial charge in [0.2, 0.25) is 5.13 Å². The Balaban J connectivity index is 1.69. The zero-order valence-electron chi connectivity index (χ0n) is 14.8. The van der Waals surface area contributed by atoms with Gasteiger partial charge in [-0.05, 0) is 42.7 Å². The van der Waals surface area contributed by atoms with Crippen LogP contribution in [0.2, 0.25) is 0 Å². The number of rotatable bonds is 5. The molecule has 0 saturated heterocycles. The Bertz CT molecular complexity index is 926. The van der Waals surface area contributed by atoms with Crippen molar-refractivity contribution in [2.24, 2.45) is 5.10 Å². The van der Waals surface area contributed by atoms with Gasteiger partial charge in [0.1, 0.15) is 5.75 Å². The molecule has 1 aromatic heterocycles. The average molecular weight is 365 g/mol. The maximum Gasteiger partial charge on any atom is 0.308 e. The van der Waals surface area contributed by atoms with E-state index in [1.54, 1.807) is 6.21 Å². The number of anilines is 1. The van der Waals surface area contributed by atoms with Crippen LogP contribution >= 0.6 is 11.3 Å². The number of benzene rings is 2. The summed E-state index contributed by atoms with van der Waals surface area (Å²) in [6.07, 6.45) is 1.72. The van der Waals surface area contributed by atoms with Crippen molar-refractivity contribution >= 4 is 28.7 Å². The van der Waals surface area contributed by atoms with Crippen LogP contribution in [-0.2, 0) is 4.79 Å². The lowest BCUT2D eigenvalue weighted by Crippen LogP contribution is -2.05. The lowest BCUT2D eigenvalue weighted by Gasteiger charge is -2.09. The average Bonchev–Trinajstić information content (AvgIpc) is 3.08. The fourth-order valence-corrected chi connectivity index (χ4v) is 3.26. The van der Waals surface area contributed by atoms with E-state index in [-0.39, 0.29) is 5.97 Å². The van der Waals surface area contributed by atoms with Crippen molar-refractivity contribution in [3.05, 3.63) is 64.5 Å². The summed E-state index contributed by atoms with van der Waals surface area (Å²) in [6, 6.07) is 13.9. The van der Waals surface area contributed by atoms with E-state index >= 15 is 0 Å². The van der Waals surface area contributed by atoms with E-state index in [1.807, 2.05) is 61.7 Å². The molecule has 1 N–H and O–H groups in total. The van der Waals surface area contributed by atoms with Crippen LogP contribution in [0, 0.1) is 13.8 Å². The number of hydrazone groups is 1. The Morgan fingerprint density at radius 2 is 1.88 bits per heavy atom. The van der Waals surface area contributed by atoms with E-state index in [0.717, 1.165) is 33.1 Å². The predicted octanol–water partition coefficient (Wildman–Crippen LogP) is 4.80. The van der Waals surface area contributed by atoms with Gasteiger partial charge in [0, 0.05) is 17.9 Å². The first-order valence-corrected chi connectivity index (χ1v) is 9.00. The molecule has 0 bridgehead atoms. The summed E-state index contributed by atoms with van der Waals surface area (Å²) in [7, 11) is 0. The van der Waals surface area contributed by atoms with Crippen molar-refractivity contribution in [2.75, 3.05) is 5.43 Å². The van der Waals surface area contributed by atoms with Crippen LogP contribution in [0.5, 0.6) is 5.75 Å². The quantitative estimate of drug-likeness (QED) is 0.305. The molecule has 0 saturated carbocycles. The Kier molecular flexibility index (Phi) is 5.43. The number of hydrogen-bond donors (Lipinski definition) is 1. The highest BCUT2D eigenvalue weighted by molar-refractivity contribution is 7.14. The highest BCUT2D eigenvalue weighted by atomic mass is 32.1. The first kappa shape index (κ1) is 17.8. The van der Waals surface area contributed by atoms with E-state index in [0.29, 0.717) is 5.75 Å². The number of carbonyl (C=O) groups is 1. The van der Waals surface area contributed by atoms with Gasteiger partial charge in [-0.25, -0.2) is 4.98 Å². The molecule has 3 aromatic rings. The van der Waals surface area contributed by atoms with E-state index in [4.69, 9.17) is 4.74 Å². The Morgan fingerprint density at radius 1 is 1.19 bits per heavy atom. The van der Waals surface area contributed by atoms with Gasteiger partial charge in [-0.1, -0.05) is 30.3 Å².